The number of ether oxygens (including phenoxy) is 1. The van der Waals surface area contributed by atoms with E-state index in [1.807, 2.05) is 12.1 Å². The molecular formula is C14H21NO2. The van der Waals surface area contributed by atoms with Crippen molar-refractivity contribution in [3.05, 3.63) is 29.3 Å². The van der Waals surface area contributed by atoms with Crippen molar-refractivity contribution in [2.45, 2.75) is 32.2 Å². The van der Waals surface area contributed by atoms with Gasteiger partial charge in [-0.25, -0.2) is 0 Å². The predicted molar refractivity (Wildman–Crippen MR) is 68.4 cm³/mol. The molecular weight excluding hydrogens is 214 g/mol. The van der Waals surface area contributed by atoms with E-state index in [4.69, 9.17) is 9.84 Å². The predicted octanol–water partition coefficient (Wildman–Crippen LogP) is 2.04. The first kappa shape index (κ1) is 12.4. The lowest BCUT2D eigenvalue weighted by atomic mass is 10.1. The van der Waals surface area contributed by atoms with Gasteiger partial charge in [-0.3, -0.25) is 0 Å². The molecule has 0 spiro atoms. The van der Waals surface area contributed by atoms with Crippen molar-refractivity contribution in [2.75, 3.05) is 19.8 Å². The van der Waals surface area contributed by atoms with Crippen molar-refractivity contribution in [1.29, 1.82) is 0 Å². The van der Waals surface area contributed by atoms with Crippen molar-refractivity contribution in [3.63, 3.8) is 0 Å². The van der Waals surface area contributed by atoms with E-state index in [2.05, 4.69) is 18.3 Å². The van der Waals surface area contributed by atoms with Crippen LogP contribution in [0.2, 0.25) is 0 Å². The standard InChI is InChI=1S/C14H21NO2/c1-2-8-15-13-7-6-12-11(13)4-3-5-14(12)17-10-9-16/h3-5,13,15-16H,2,6-10H2,1H3. The van der Waals surface area contributed by atoms with E-state index >= 15 is 0 Å². The van der Waals surface area contributed by atoms with E-state index in [1.165, 1.54) is 11.1 Å². The summed E-state index contributed by atoms with van der Waals surface area (Å²) in [6.07, 6.45) is 3.37. The maximum absolute atomic E-state index is 8.81. The summed E-state index contributed by atoms with van der Waals surface area (Å²) in [5.41, 5.74) is 2.68. The smallest absolute Gasteiger partial charge is 0.122 e. The molecule has 0 aliphatic heterocycles. The first-order chi connectivity index (χ1) is 8.36. The van der Waals surface area contributed by atoms with Gasteiger partial charge in [0.2, 0.25) is 0 Å². The van der Waals surface area contributed by atoms with Gasteiger partial charge in [0.05, 0.1) is 6.61 Å². The molecule has 0 saturated carbocycles. The lowest BCUT2D eigenvalue weighted by Gasteiger charge is -2.14. The van der Waals surface area contributed by atoms with Gasteiger partial charge in [-0.1, -0.05) is 19.1 Å². The van der Waals surface area contributed by atoms with E-state index in [9.17, 15) is 0 Å². The summed E-state index contributed by atoms with van der Waals surface area (Å²) in [4.78, 5) is 0. The zero-order valence-electron chi connectivity index (χ0n) is 10.4. The van der Waals surface area contributed by atoms with Crippen LogP contribution in [0.15, 0.2) is 18.2 Å². The van der Waals surface area contributed by atoms with Gasteiger partial charge < -0.3 is 15.2 Å². The number of hydrogen-bond donors (Lipinski definition) is 2. The van der Waals surface area contributed by atoms with Crippen LogP contribution < -0.4 is 10.1 Å². The SMILES string of the molecule is CCCNC1CCc2c(OCCO)cccc21. The Bertz CT molecular complexity index is 365. The van der Waals surface area contributed by atoms with Gasteiger partial charge in [-0.15, -0.1) is 0 Å². The fourth-order valence-electron chi connectivity index (χ4n) is 2.44. The third-order valence-corrected chi connectivity index (χ3v) is 3.22. The Labute approximate surface area is 103 Å². The van der Waals surface area contributed by atoms with Crippen LogP contribution in [0, 0.1) is 0 Å². The third kappa shape index (κ3) is 2.79. The summed E-state index contributed by atoms with van der Waals surface area (Å²) in [6, 6.07) is 6.69. The summed E-state index contributed by atoms with van der Waals surface area (Å²) in [6.45, 7) is 3.69. The van der Waals surface area contributed by atoms with Gasteiger partial charge in [-0.05, 0) is 43.0 Å². The molecule has 0 fully saturated rings. The molecule has 0 aromatic heterocycles. The lowest BCUT2D eigenvalue weighted by Crippen LogP contribution is -2.19. The molecule has 0 heterocycles. The summed E-state index contributed by atoms with van der Waals surface area (Å²) in [5.74, 6) is 0.942. The first-order valence-electron chi connectivity index (χ1n) is 6.45. The average molecular weight is 235 g/mol. The van der Waals surface area contributed by atoms with Gasteiger partial charge in [0, 0.05) is 6.04 Å². The van der Waals surface area contributed by atoms with Crippen LogP contribution in [0.5, 0.6) is 5.75 Å². The minimum atomic E-state index is 0.0706. The van der Waals surface area contributed by atoms with E-state index in [-0.39, 0.29) is 6.61 Å². The quantitative estimate of drug-likeness (QED) is 0.793. The molecule has 0 saturated heterocycles. The molecule has 1 aromatic rings. The second-order valence-corrected chi connectivity index (χ2v) is 4.44. The number of nitrogens with one attached hydrogen (secondary N) is 1. The number of rotatable bonds is 6. The Kier molecular flexibility index (Phi) is 4.40. The van der Waals surface area contributed by atoms with Crippen LogP contribution in [0.4, 0.5) is 0 Å². The largest absolute Gasteiger partial charge is 0.491 e. The van der Waals surface area contributed by atoms with Crippen molar-refractivity contribution in [3.8, 4) is 5.75 Å². The molecule has 17 heavy (non-hydrogen) atoms. The molecule has 0 bridgehead atoms. The third-order valence-electron chi connectivity index (χ3n) is 3.22. The molecule has 0 radical (unpaired) electrons. The van der Waals surface area contributed by atoms with E-state index in [1.54, 1.807) is 0 Å². The van der Waals surface area contributed by atoms with Crippen molar-refractivity contribution >= 4 is 0 Å². The van der Waals surface area contributed by atoms with Crippen LogP contribution in [0.1, 0.15) is 36.9 Å². The topological polar surface area (TPSA) is 41.5 Å². The maximum Gasteiger partial charge on any atom is 0.122 e. The first-order valence-corrected chi connectivity index (χ1v) is 6.45. The fourth-order valence-corrected chi connectivity index (χ4v) is 2.44. The zero-order valence-corrected chi connectivity index (χ0v) is 10.4. The zero-order chi connectivity index (χ0) is 12.1. The molecule has 1 atom stereocenters. The monoisotopic (exact) mass is 235 g/mol. The molecule has 2 N–H and O–H groups in total. The highest BCUT2D eigenvalue weighted by Gasteiger charge is 2.24. The normalized spacial score (nSPS) is 18.1. The fraction of sp³-hybridized carbons (Fsp3) is 0.571. The van der Waals surface area contributed by atoms with Crippen molar-refractivity contribution in [1.82, 2.24) is 5.32 Å². The Balaban J connectivity index is 2.11. The molecule has 3 nitrogen and oxygen atoms in total. The Morgan fingerprint density at radius 3 is 3.12 bits per heavy atom. The summed E-state index contributed by atoms with van der Waals surface area (Å²) in [5, 5.41) is 12.4. The van der Waals surface area contributed by atoms with E-state index in [0.29, 0.717) is 12.6 Å². The molecule has 1 aliphatic rings. The number of fused-ring (bicyclic) bond motifs is 1. The minimum absolute atomic E-state index is 0.0706. The van der Waals surface area contributed by atoms with Gasteiger partial charge in [0.15, 0.2) is 0 Å². The Morgan fingerprint density at radius 1 is 1.47 bits per heavy atom. The average Bonchev–Trinajstić information content (AvgIpc) is 2.77. The van der Waals surface area contributed by atoms with Gasteiger partial charge in [-0.2, -0.15) is 0 Å². The number of aliphatic hydroxyl groups excluding tert-OH is 1. The summed E-state index contributed by atoms with van der Waals surface area (Å²) in [7, 11) is 0. The minimum Gasteiger partial charge on any atom is -0.491 e. The molecule has 2 rings (SSSR count). The van der Waals surface area contributed by atoms with Crippen LogP contribution in [-0.2, 0) is 6.42 Å². The molecule has 94 valence electrons. The lowest BCUT2D eigenvalue weighted by molar-refractivity contribution is 0.200. The van der Waals surface area contributed by atoms with Crippen LogP contribution >= 0.6 is 0 Å². The molecule has 1 aromatic carbocycles. The highest BCUT2D eigenvalue weighted by Crippen LogP contribution is 2.36. The second-order valence-electron chi connectivity index (χ2n) is 4.44. The molecule has 1 aliphatic carbocycles. The van der Waals surface area contributed by atoms with E-state index in [0.717, 1.165) is 31.6 Å². The molecule has 1 unspecified atom stereocenters. The molecule has 0 amide bonds. The number of aliphatic hydroxyl groups is 1. The van der Waals surface area contributed by atoms with Gasteiger partial charge in [0.25, 0.3) is 0 Å². The van der Waals surface area contributed by atoms with Crippen LogP contribution in [0.25, 0.3) is 0 Å². The maximum atomic E-state index is 8.81. The summed E-state index contributed by atoms with van der Waals surface area (Å²) < 4.78 is 5.57. The van der Waals surface area contributed by atoms with Crippen molar-refractivity contribution < 1.29 is 9.84 Å². The van der Waals surface area contributed by atoms with Crippen LogP contribution in [0.3, 0.4) is 0 Å². The van der Waals surface area contributed by atoms with Gasteiger partial charge in [0.1, 0.15) is 12.4 Å². The second kappa shape index (κ2) is 6.03. The number of benzene rings is 1. The van der Waals surface area contributed by atoms with Crippen molar-refractivity contribution in [2.24, 2.45) is 0 Å². The Morgan fingerprint density at radius 2 is 2.35 bits per heavy atom. The highest BCUT2D eigenvalue weighted by atomic mass is 16.5. The summed E-state index contributed by atoms with van der Waals surface area (Å²) >= 11 is 0. The van der Waals surface area contributed by atoms with Gasteiger partial charge >= 0.3 is 0 Å². The van der Waals surface area contributed by atoms with E-state index < -0.39 is 0 Å². The molecule has 3 heteroatoms. The Hall–Kier alpha value is -1.06. The highest BCUT2D eigenvalue weighted by molar-refractivity contribution is 5.45. The number of hydrogen-bond acceptors (Lipinski definition) is 3. The van der Waals surface area contributed by atoms with Crippen LogP contribution in [-0.4, -0.2) is 24.9 Å².